The van der Waals surface area contributed by atoms with Crippen LogP contribution in [0.1, 0.15) is 22.6 Å². The van der Waals surface area contributed by atoms with E-state index >= 15 is 0 Å². The van der Waals surface area contributed by atoms with Crippen LogP contribution < -0.4 is 10.5 Å². The smallest absolute Gasteiger partial charge is 0.122 e. The van der Waals surface area contributed by atoms with Crippen molar-refractivity contribution in [2.75, 3.05) is 32.0 Å². The molecule has 4 heteroatoms. The molecule has 0 bridgehead atoms. The van der Waals surface area contributed by atoms with Gasteiger partial charge in [0.15, 0.2) is 0 Å². The summed E-state index contributed by atoms with van der Waals surface area (Å²) in [6, 6.07) is 16.1. The maximum Gasteiger partial charge on any atom is 0.122 e. The minimum absolute atomic E-state index is 0.468. The molecular formula is C20H21N3O. The van der Waals surface area contributed by atoms with Gasteiger partial charge in [0.25, 0.3) is 0 Å². The third kappa shape index (κ3) is 2.72. The molecule has 1 saturated heterocycles. The number of hydrogen-bond acceptors (Lipinski definition) is 4. The van der Waals surface area contributed by atoms with Crippen molar-refractivity contribution in [2.24, 2.45) is 5.92 Å². The summed E-state index contributed by atoms with van der Waals surface area (Å²) in [4.78, 5) is 2.50. The van der Waals surface area contributed by atoms with E-state index in [4.69, 9.17) is 15.7 Å². The molecule has 4 rings (SSSR count). The Morgan fingerprint density at radius 2 is 2.08 bits per heavy atom. The lowest BCUT2D eigenvalue weighted by atomic mass is 9.86. The SMILES string of the molecule is N#Cc1ccc2c(c1)[C@H]1CN(CCc3ccccc3N)C[C@@H]1CO2. The van der Waals surface area contributed by atoms with E-state index in [0.717, 1.165) is 44.1 Å². The van der Waals surface area contributed by atoms with E-state index in [-0.39, 0.29) is 0 Å². The Morgan fingerprint density at radius 3 is 2.92 bits per heavy atom. The molecule has 2 aliphatic heterocycles. The van der Waals surface area contributed by atoms with Gasteiger partial charge in [-0.25, -0.2) is 0 Å². The lowest BCUT2D eigenvalue weighted by Gasteiger charge is -2.27. The number of anilines is 1. The summed E-state index contributed by atoms with van der Waals surface area (Å²) < 4.78 is 5.91. The molecule has 2 N–H and O–H groups in total. The first-order chi connectivity index (χ1) is 11.7. The van der Waals surface area contributed by atoms with Gasteiger partial charge in [0.05, 0.1) is 18.2 Å². The molecule has 1 fully saturated rings. The lowest BCUT2D eigenvalue weighted by Crippen LogP contribution is -2.25. The molecule has 0 spiro atoms. The van der Waals surface area contributed by atoms with Crippen LogP contribution in [-0.4, -0.2) is 31.1 Å². The maximum absolute atomic E-state index is 9.15. The average Bonchev–Trinajstić information content (AvgIpc) is 3.04. The van der Waals surface area contributed by atoms with E-state index in [1.165, 1.54) is 11.1 Å². The zero-order chi connectivity index (χ0) is 16.5. The molecule has 0 radical (unpaired) electrons. The fourth-order valence-corrected chi connectivity index (χ4v) is 3.94. The van der Waals surface area contributed by atoms with Gasteiger partial charge in [-0.1, -0.05) is 18.2 Å². The van der Waals surface area contributed by atoms with Gasteiger partial charge in [0, 0.05) is 42.7 Å². The molecule has 2 aliphatic rings. The molecule has 2 aromatic carbocycles. The van der Waals surface area contributed by atoms with Crippen molar-refractivity contribution < 1.29 is 4.74 Å². The second-order valence-corrected chi connectivity index (χ2v) is 6.75. The predicted octanol–water partition coefficient (Wildman–Crippen LogP) is 2.79. The molecule has 2 heterocycles. The van der Waals surface area contributed by atoms with Crippen molar-refractivity contribution in [3.8, 4) is 11.8 Å². The van der Waals surface area contributed by atoms with Gasteiger partial charge in [-0.3, -0.25) is 0 Å². The van der Waals surface area contributed by atoms with Crippen molar-refractivity contribution in [1.29, 1.82) is 5.26 Å². The quantitative estimate of drug-likeness (QED) is 0.884. The van der Waals surface area contributed by atoms with Crippen LogP contribution >= 0.6 is 0 Å². The van der Waals surface area contributed by atoms with Crippen molar-refractivity contribution in [3.05, 3.63) is 59.2 Å². The fourth-order valence-electron chi connectivity index (χ4n) is 3.94. The number of nitrogens with zero attached hydrogens (tertiary/aromatic N) is 2. The number of rotatable bonds is 3. The van der Waals surface area contributed by atoms with Crippen molar-refractivity contribution in [1.82, 2.24) is 4.90 Å². The van der Waals surface area contributed by atoms with Crippen molar-refractivity contribution in [3.63, 3.8) is 0 Å². The van der Waals surface area contributed by atoms with Crippen LogP contribution in [0, 0.1) is 17.2 Å². The second-order valence-electron chi connectivity index (χ2n) is 6.75. The van der Waals surface area contributed by atoms with E-state index < -0.39 is 0 Å². The first-order valence-electron chi connectivity index (χ1n) is 8.47. The second kappa shape index (κ2) is 6.18. The lowest BCUT2D eigenvalue weighted by molar-refractivity contribution is 0.213. The number of para-hydroxylation sites is 1. The van der Waals surface area contributed by atoms with Crippen LogP contribution in [0.5, 0.6) is 5.75 Å². The predicted molar refractivity (Wildman–Crippen MR) is 93.9 cm³/mol. The molecule has 0 amide bonds. The third-order valence-electron chi connectivity index (χ3n) is 5.26. The maximum atomic E-state index is 9.15. The number of nitriles is 1. The third-order valence-corrected chi connectivity index (χ3v) is 5.26. The van der Waals surface area contributed by atoms with Gasteiger partial charge >= 0.3 is 0 Å². The minimum atomic E-state index is 0.468. The summed E-state index contributed by atoms with van der Waals surface area (Å²) >= 11 is 0. The van der Waals surface area contributed by atoms with Gasteiger partial charge in [-0.2, -0.15) is 5.26 Å². The summed E-state index contributed by atoms with van der Waals surface area (Å²) in [5.74, 6) is 1.93. The van der Waals surface area contributed by atoms with E-state index in [2.05, 4.69) is 17.0 Å². The Hall–Kier alpha value is -2.51. The van der Waals surface area contributed by atoms with Gasteiger partial charge in [-0.15, -0.1) is 0 Å². The van der Waals surface area contributed by atoms with Crippen LogP contribution in [-0.2, 0) is 6.42 Å². The molecule has 0 aliphatic carbocycles. The Kier molecular flexibility index (Phi) is 3.87. The number of ether oxygens (including phenoxy) is 1. The van der Waals surface area contributed by atoms with Crippen LogP contribution in [0.2, 0.25) is 0 Å². The van der Waals surface area contributed by atoms with Gasteiger partial charge in [0.2, 0.25) is 0 Å². The Balaban J connectivity index is 1.47. The summed E-state index contributed by atoms with van der Waals surface area (Å²) in [5, 5.41) is 9.15. The molecule has 0 unspecified atom stereocenters. The van der Waals surface area contributed by atoms with Gasteiger partial charge in [-0.05, 0) is 36.2 Å². The Morgan fingerprint density at radius 1 is 1.21 bits per heavy atom. The molecule has 0 aromatic heterocycles. The molecule has 2 atom stereocenters. The molecular weight excluding hydrogens is 298 g/mol. The summed E-state index contributed by atoms with van der Waals surface area (Å²) in [7, 11) is 0. The molecule has 0 saturated carbocycles. The van der Waals surface area contributed by atoms with Crippen LogP contribution in [0.15, 0.2) is 42.5 Å². The molecule has 24 heavy (non-hydrogen) atoms. The average molecular weight is 319 g/mol. The van der Waals surface area contributed by atoms with Crippen molar-refractivity contribution in [2.45, 2.75) is 12.3 Å². The van der Waals surface area contributed by atoms with E-state index in [1.807, 2.05) is 36.4 Å². The van der Waals surface area contributed by atoms with Gasteiger partial charge in [0.1, 0.15) is 5.75 Å². The number of hydrogen-bond donors (Lipinski definition) is 1. The van der Waals surface area contributed by atoms with E-state index in [1.54, 1.807) is 0 Å². The molecule has 122 valence electrons. The highest BCUT2D eigenvalue weighted by Gasteiger charge is 2.38. The number of likely N-dealkylation sites (tertiary alicyclic amines) is 1. The van der Waals surface area contributed by atoms with Crippen LogP contribution in [0.3, 0.4) is 0 Å². The van der Waals surface area contributed by atoms with Crippen molar-refractivity contribution >= 4 is 5.69 Å². The van der Waals surface area contributed by atoms with Crippen LogP contribution in [0.4, 0.5) is 5.69 Å². The normalized spacial score (nSPS) is 22.3. The number of fused-ring (bicyclic) bond motifs is 3. The first-order valence-corrected chi connectivity index (χ1v) is 8.47. The Bertz CT molecular complexity index is 796. The summed E-state index contributed by atoms with van der Waals surface area (Å²) in [6.45, 7) is 3.86. The van der Waals surface area contributed by atoms with Crippen LogP contribution in [0.25, 0.3) is 0 Å². The largest absolute Gasteiger partial charge is 0.493 e. The molecule has 4 nitrogen and oxygen atoms in total. The summed E-state index contributed by atoms with van der Waals surface area (Å²) in [6.07, 6.45) is 0.970. The van der Waals surface area contributed by atoms with E-state index in [9.17, 15) is 0 Å². The number of nitrogen functional groups attached to an aromatic ring is 1. The monoisotopic (exact) mass is 319 g/mol. The minimum Gasteiger partial charge on any atom is -0.493 e. The fraction of sp³-hybridized carbons (Fsp3) is 0.350. The molecule has 2 aromatic rings. The van der Waals surface area contributed by atoms with Gasteiger partial charge < -0.3 is 15.4 Å². The number of nitrogens with two attached hydrogens (primary N) is 1. The summed E-state index contributed by atoms with van der Waals surface area (Å²) in [5.41, 5.74) is 10.1. The highest BCUT2D eigenvalue weighted by Crippen LogP contribution is 2.41. The topological polar surface area (TPSA) is 62.3 Å². The van der Waals surface area contributed by atoms with E-state index in [0.29, 0.717) is 17.4 Å². The highest BCUT2D eigenvalue weighted by molar-refractivity contribution is 5.47. The Labute approximate surface area is 142 Å². The zero-order valence-electron chi connectivity index (χ0n) is 13.6. The zero-order valence-corrected chi connectivity index (χ0v) is 13.6. The highest BCUT2D eigenvalue weighted by atomic mass is 16.5. The standard InChI is InChI=1S/C20H21N3O/c21-10-14-5-6-20-17(9-14)18-12-23(11-16(18)13-24-20)8-7-15-3-1-2-4-19(15)22/h1-6,9,16,18H,7-8,11-13,22H2/t16-,18+/m1/s1. The first kappa shape index (κ1) is 15.0. The number of benzene rings is 2.